The minimum atomic E-state index is -4.01. The SMILES string of the molecule is O=C(CS(=O)(=O)c1ccccc1F)c1ccc(Cl)cc1. The van der Waals surface area contributed by atoms with Gasteiger partial charge in [-0.25, -0.2) is 12.8 Å². The van der Waals surface area contributed by atoms with Crippen LogP contribution in [0.15, 0.2) is 53.4 Å². The number of halogens is 2. The fraction of sp³-hybridized carbons (Fsp3) is 0.0714. The second-order valence-corrected chi connectivity index (χ2v) is 6.51. The molecule has 0 saturated heterocycles. The third-order valence-electron chi connectivity index (χ3n) is 2.66. The van der Waals surface area contributed by atoms with E-state index in [4.69, 9.17) is 11.6 Å². The third kappa shape index (κ3) is 3.23. The molecule has 0 aliphatic heterocycles. The summed E-state index contributed by atoms with van der Waals surface area (Å²) in [5.74, 6) is -2.25. The summed E-state index contributed by atoms with van der Waals surface area (Å²) in [7, 11) is -4.01. The maximum atomic E-state index is 13.5. The minimum absolute atomic E-state index is 0.217. The Hall–Kier alpha value is -1.72. The van der Waals surface area contributed by atoms with Gasteiger partial charge in [0.1, 0.15) is 16.5 Å². The predicted octanol–water partition coefficient (Wildman–Crippen LogP) is 3.14. The quantitative estimate of drug-likeness (QED) is 0.815. The Bertz CT molecular complexity index is 739. The van der Waals surface area contributed by atoms with Gasteiger partial charge in [-0.3, -0.25) is 4.79 Å². The average molecular weight is 313 g/mol. The number of carbonyl (C=O) groups is 1. The molecule has 0 aliphatic carbocycles. The van der Waals surface area contributed by atoms with E-state index in [0.717, 1.165) is 12.1 Å². The van der Waals surface area contributed by atoms with E-state index in [-0.39, 0.29) is 5.56 Å². The number of Topliss-reactive ketones (excluding diaryl/α,β-unsaturated/α-hetero) is 1. The summed E-state index contributed by atoms with van der Waals surface area (Å²) in [6.07, 6.45) is 0. The summed E-state index contributed by atoms with van der Waals surface area (Å²) in [4.78, 5) is 11.4. The Kier molecular flexibility index (Phi) is 4.20. The predicted molar refractivity (Wildman–Crippen MR) is 74.2 cm³/mol. The van der Waals surface area contributed by atoms with Gasteiger partial charge in [-0.2, -0.15) is 0 Å². The summed E-state index contributed by atoms with van der Waals surface area (Å²) in [6.45, 7) is 0. The number of hydrogen-bond acceptors (Lipinski definition) is 3. The van der Waals surface area contributed by atoms with Crippen LogP contribution in [0, 0.1) is 5.82 Å². The van der Waals surface area contributed by atoms with E-state index in [9.17, 15) is 17.6 Å². The van der Waals surface area contributed by atoms with Crippen molar-refractivity contribution in [3.8, 4) is 0 Å². The fourth-order valence-corrected chi connectivity index (χ4v) is 3.11. The molecule has 0 amide bonds. The molecule has 0 fully saturated rings. The number of ketones is 1. The van der Waals surface area contributed by atoms with Gasteiger partial charge in [0.05, 0.1) is 0 Å². The van der Waals surface area contributed by atoms with Crippen LogP contribution in [0.2, 0.25) is 5.02 Å². The number of carbonyl (C=O) groups excluding carboxylic acids is 1. The van der Waals surface area contributed by atoms with Crippen molar-refractivity contribution < 1.29 is 17.6 Å². The summed E-state index contributed by atoms with van der Waals surface area (Å²) < 4.78 is 37.5. The first-order valence-electron chi connectivity index (χ1n) is 5.66. The molecule has 2 aromatic carbocycles. The van der Waals surface area contributed by atoms with Crippen LogP contribution in [0.3, 0.4) is 0 Å². The zero-order valence-corrected chi connectivity index (χ0v) is 11.8. The van der Waals surface area contributed by atoms with Gasteiger partial charge in [0.2, 0.25) is 0 Å². The Morgan fingerprint density at radius 3 is 2.25 bits per heavy atom. The number of benzene rings is 2. The highest BCUT2D eigenvalue weighted by molar-refractivity contribution is 7.92. The van der Waals surface area contributed by atoms with Gasteiger partial charge < -0.3 is 0 Å². The topological polar surface area (TPSA) is 51.2 Å². The van der Waals surface area contributed by atoms with Gasteiger partial charge in [-0.05, 0) is 36.4 Å². The molecule has 6 heteroatoms. The van der Waals surface area contributed by atoms with E-state index in [0.29, 0.717) is 5.02 Å². The van der Waals surface area contributed by atoms with Crippen molar-refractivity contribution >= 4 is 27.2 Å². The molecule has 2 rings (SSSR count). The van der Waals surface area contributed by atoms with E-state index >= 15 is 0 Å². The van der Waals surface area contributed by atoms with Crippen LogP contribution in [-0.2, 0) is 9.84 Å². The lowest BCUT2D eigenvalue weighted by Crippen LogP contribution is -2.17. The van der Waals surface area contributed by atoms with E-state index in [1.807, 2.05) is 0 Å². The smallest absolute Gasteiger partial charge is 0.188 e. The molecule has 0 spiro atoms. The molecule has 0 aliphatic rings. The zero-order valence-electron chi connectivity index (χ0n) is 10.2. The lowest BCUT2D eigenvalue weighted by Gasteiger charge is -2.05. The Morgan fingerprint density at radius 1 is 1.05 bits per heavy atom. The van der Waals surface area contributed by atoms with Crippen molar-refractivity contribution in [2.24, 2.45) is 0 Å². The molecule has 104 valence electrons. The van der Waals surface area contributed by atoms with Crippen molar-refractivity contribution in [3.63, 3.8) is 0 Å². The molecule has 0 radical (unpaired) electrons. The van der Waals surface area contributed by atoms with Gasteiger partial charge >= 0.3 is 0 Å². The summed E-state index contributed by atoms with van der Waals surface area (Å²) in [5.41, 5.74) is 0.217. The Balaban J connectivity index is 2.27. The van der Waals surface area contributed by atoms with Crippen LogP contribution in [0.1, 0.15) is 10.4 Å². The van der Waals surface area contributed by atoms with Crippen LogP contribution in [0.5, 0.6) is 0 Å². The first-order valence-corrected chi connectivity index (χ1v) is 7.69. The molecular formula is C14H10ClFO3S. The molecule has 0 saturated carbocycles. The number of rotatable bonds is 4. The first kappa shape index (κ1) is 14.7. The highest BCUT2D eigenvalue weighted by atomic mass is 35.5. The first-order chi connectivity index (χ1) is 9.40. The van der Waals surface area contributed by atoms with Crippen LogP contribution in [-0.4, -0.2) is 20.0 Å². The molecular weight excluding hydrogens is 303 g/mol. The van der Waals surface area contributed by atoms with Gasteiger partial charge in [-0.1, -0.05) is 23.7 Å². The standard InChI is InChI=1S/C14H10ClFO3S/c15-11-7-5-10(6-8-11)13(17)9-20(18,19)14-4-2-1-3-12(14)16/h1-8H,9H2. The normalized spacial score (nSPS) is 11.3. The lowest BCUT2D eigenvalue weighted by molar-refractivity contribution is 0.102. The minimum Gasteiger partial charge on any atom is -0.293 e. The van der Waals surface area contributed by atoms with E-state index in [2.05, 4.69) is 0 Å². The zero-order chi connectivity index (χ0) is 14.8. The van der Waals surface area contributed by atoms with Crippen LogP contribution < -0.4 is 0 Å². The molecule has 2 aromatic rings. The molecule has 3 nitrogen and oxygen atoms in total. The maximum absolute atomic E-state index is 13.5. The van der Waals surface area contributed by atoms with Crippen LogP contribution in [0.4, 0.5) is 4.39 Å². The number of hydrogen-bond donors (Lipinski definition) is 0. The molecule has 0 bridgehead atoms. The summed E-state index contributed by atoms with van der Waals surface area (Å²) >= 11 is 5.69. The molecule has 0 N–H and O–H groups in total. The van der Waals surface area contributed by atoms with Gasteiger partial charge in [0, 0.05) is 10.6 Å². The van der Waals surface area contributed by atoms with Gasteiger partial charge in [-0.15, -0.1) is 0 Å². The number of sulfone groups is 1. The maximum Gasteiger partial charge on any atom is 0.188 e. The largest absolute Gasteiger partial charge is 0.293 e. The molecule has 0 unspecified atom stereocenters. The van der Waals surface area contributed by atoms with Crippen molar-refractivity contribution in [2.45, 2.75) is 4.90 Å². The van der Waals surface area contributed by atoms with Gasteiger partial charge in [0.25, 0.3) is 0 Å². The second kappa shape index (κ2) is 5.73. The second-order valence-electron chi connectivity index (χ2n) is 4.12. The molecule has 20 heavy (non-hydrogen) atoms. The summed E-state index contributed by atoms with van der Waals surface area (Å²) in [6, 6.07) is 10.8. The highest BCUT2D eigenvalue weighted by Gasteiger charge is 2.23. The van der Waals surface area contributed by atoms with E-state index in [1.54, 1.807) is 0 Å². The molecule has 0 heterocycles. The highest BCUT2D eigenvalue weighted by Crippen LogP contribution is 2.17. The van der Waals surface area contributed by atoms with Crippen molar-refractivity contribution in [2.75, 3.05) is 5.75 Å². The van der Waals surface area contributed by atoms with E-state index < -0.39 is 32.1 Å². The Morgan fingerprint density at radius 2 is 1.65 bits per heavy atom. The Labute approximate surface area is 120 Å². The third-order valence-corrected chi connectivity index (χ3v) is 4.55. The fourth-order valence-electron chi connectivity index (χ4n) is 1.67. The average Bonchev–Trinajstić information content (AvgIpc) is 2.39. The lowest BCUT2D eigenvalue weighted by atomic mass is 10.1. The van der Waals surface area contributed by atoms with Crippen LogP contribution in [0.25, 0.3) is 0 Å². The molecule has 0 aromatic heterocycles. The van der Waals surface area contributed by atoms with Crippen molar-refractivity contribution in [1.29, 1.82) is 0 Å². The molecule has 0 atom stereocenters. The van der Waals surface area contributed by atoms with Gasteiger partial charge in [0.15, 0.2) is 15.6 Å². The van der Waals surface area contributed by atoms with E-state index in [1.165, 1.54) is 36.4 Å². The summed E-state index contributed by atoms with van der Waals surface area (Å²) in [5, 5.41) is 0.443. The van der Waals surface area contributed by atoms with Crippen molar-refractivity contribution in [3.05, 3.63) is 64.9 Å². The van der Waals surface area contributed by atoms with Crippen molar-refractivity contribution in [1.82, 2.24) is 0 Å². The monoisotopic (exact) mass is 312 g/mol. The van der Waals surface area contributed by atoms with Crippen LogP contribution >= 0.6 is 11.6 Å².